The molecule has 0 unspecified atom stereocenters. The van der Waals surface area contributed by atoms with Crippen LogP contribution in [0.5, 0.6) is 0 Å². The molecule has 0 aliphatic rings. The summed E-state index contributed by atoms with van der Waals surface area (Å²) < 4.78 is 0. The van der Waals surface area contributed by atoms with Crippen LogP contribution < -0.4 is 10.6 Å². The molecule has 74 valence electrons. The van der Waals surface area contributed by atoms with Crippen LogP contribution >= 0.6 is 0 Å². The van der Waals surface area contributed by atoms with Crippen LogP contribution in [0.3, 0.4) is 0 Å². The van der Waals surface area contributed by atoms with Gasteiger partial charge < -0.3 is 10.6 Å². The molecule has 0 saturated carbocycles. The van der Waals surface area contributed by atoms with Gasteiger partial charge in [-0.2, -0.15) is 0 Å². The van der Waals surface area contributed by atoms with E-state index in [1.54, 1.807) is 6.20 Å². The van der Waals surface area contributed by atoms with E-state index in [-0.39, 0.29) is 6.04 Å². The maximum atomic E-state index is 5.83. The molecular formula is C11H15N3. The van der Waals surface area contributed by atoms with Crippen molar-refractivity contribution in [1.82, 2.24) is 4.98 Å². The third-order valence-electron chi connectivity index (χ3n) is 2.00. The zero-order valence-corrected chi connectivity index (χ0v) is 8.57. The van der Waals surface area contributed by atoms with Crippen LogP contribution in [0.2, 0.25) is 0 Å². The lowest BCUT2D eigenvalue weighted by Gasteiger charge is -2.20. The summed E-state index contributed by atoms with van der Waals surface area (Å²) in [5.41, 5.74) is 6.85. The molecule has 3 heteroatoms. The van der Waals surface area contributed by atoms with Crippen LogP contribution in [-0.2, 0) is 0 Å². The Morgan fingerprint density at radius 2 is 2.43 bits per heavy atom. The van der Waals surface area contributed by atoms with Gasteiger partial charge in [-0.15, -0.1) is 6.42 Å². The molecule has 2 N–H and O–H groups in total. The maximum Gasteiger partial charge on any atom is 0.133 e. The van der Waals surface area contributed by atoms with E-state index in [4.69, 9.17) is 12.2 Å². The van der Waals surface area contributed by atoms with Gasteiger partial charge in [-0.3, -0.25) is 0 Å². The van der Waals surface area contributed by atoms with Gasteiger partial charge in [0, 0.05) is 24.8 Å². The smallest absolute Gasteiger partial charge is 0.133 e. The Morgan fingerprint density at radius 3 is 3.00 bits per heavy atom. The van der Waals surface area contributed by atoms with Gasteiger partial charge in [0.05, 0.1) is 6.54 Å². The highest BCUT2D eigenvalue weighted by Gasteiger charge is 2.10. The molecule has 0 amide bonds. The average Bonchev–Trinajstić information content (AvgIpc) is 2.18. The number of rotatable bonds is 3. The van der Waals surface area contributed by atoms with Crippen molar-refractivity contribution in [2.45, 2.75) is 13.0 Å². The quantitative estimate of drug-likeness (QED) is 0.726. The molecule has 0 aliphatic heterocycles. The van der Waals surface area contributed by atoms with Crippen molar-refractivity contribution in [2.24, 2.45) is 5.73 Å². The van der Waals surface area contributed by atoms with E-state index in [1.165, 1.54) is 0 Å². The first kappa shape index (κ1) is 10.6. The van der Waals surface area contributed by atoms with E-state index < -0.39 is 0 Å². The predicted molar refractivity (Wildman–Crippen MR) is 58.9 cm³/mol. The molecule has 0 spiro atoms. The Labute approximate surface area is 84.9 Å². The predicted octanol–water partition coefficient (Wildman–Crippen LogP) is 1.17. The van der Waals surface area contributed by atoms with Gasteiger partial charge in [0.15, 0.2) is 0 Å². The first-order valence-corrected chi connectivity index (χ1v) is 4.52. The minimum Gasteiger partial charge on any atom is -0.348 e. The summed E-state index contributed by atoms with van der Waals surface area (Å²) in [5.74, 6) is 3.44. The SMILES string of the molecule is C#CCN(C)c1ncccc1[C@@H](C)N. The number of nitrogens with two attached hydrogens (primary N) is 1. The Morgan fingerprint density at radius 1 is 1.71 bits per heavy atom. The minimum absolute atomic E-state index is 0.0288. The summed E-state index contributed by atoms with van der Waals surface area (Å²) in [6, 6.07) is 3.82. The van der Waals surface area contributed by atoms with Crippen LogP contribution in [0.1, 0.15) is 18.5 Å². The first-order chi connectivity index (χ1) is 6.66. The second kappa shape index (κ2) is 4.64. The fourth-order valence-corrected chi connectivity index (χ4v) is 1.30. The fourth-order valence-electron chi connectivity index (χ4n) is 1.30. The summed E-state index contributed by atoms with van der Waals surface area (Å²) >= 11 is 0. The van der Waals surface area contributed by atoms with Crippen molar-refractivity contribution < 1.29 is 0 Å². The lowest BCUT2D eigenvalue weighted by atomic mass is 10.1. The van der Waals surface area contributed by atoms with Crippen LogP contribution in [0.25, 0.3) is 0 Å². The van der Waals surface area contributed by atoms with Gasteiger partial charge in [0.25, 0.3) is 0 Å². The van der Waals surface area contributed by atoms with E-state index >= 15 is 0 Å². The summed E-state index contributed by atoms with van der Waals surface area (Å²) in [4.78, 5) is 6.18. The maximum absolute atomic E-state index is 5.83. The molecule has 14 heavy (non-hydrogen) atoms. The van der Waals surface area contributed by atoms with Gasteiger partial charge in [0.2, 0.25) is 0 Å². The number of anilines is 1. The normalized spacial score (nSPS) is 11.9. The lowest BCUT2D eigenvalue weighted by molar-refractivity contribution is 0.801. The molecule has 0 aromatic carbocycles. The van der Waals surface area contributed by atoms with Crippen molar-refractivity contribution in [3.05, 3.63) is 23.9 Å². The van der Waals surface area contributed by atoms with Crippen molar-refractivity contribution in [3.8, 4) is 12.3 Å². The number of nitrogens with zero attached hydrogens (tertiary/aromatic N) is 2. The highest BCUT2D eigenvalue weighted by atomic mass is 15.2. The molecule has 0 aliphatic carbocycles. The van der Waals surface area contributed by atoms with Gasteiger partial charge in [-0.1, -0.05) is 12.0 Å². The molecule has 3 nitrogen and oxygen atoms in total. The largest absolute Gasteiger partial charge is 0.348 e. The molecule has 1 aromatic rings. The summed E-state index contributed by atoms with van der Waals surface area (Å²) in [6.45, 7) is 2.47. The fraction of sp³-hybridized carbons (Fsp3) is 0.364. The number of terminal acetylenes is 1. The number of hydrogen-bond donors (Lipinski definition) is 1. The Hall–Kier alpha value is -1.53. The van der Waals surface area contributed by atoms with E-state index in [9.17, 15) is 0 Å². The molecule has 1 heterocycles. The monoisotopic (exact) mass is 189 g/mol. The third-order valence-corrected chi connectivity index (χ3v) is 2.00. The second-order valence-electron chi connectivity index (χ2n) is 3.27. The van der Waals surface area contributed by atoms with E-state index in [1.807, 2.05) is 31.0 Å². The van der Waals surface area contributed by atoms with Crippen molar-refractivity contribution >= 4 is 5.82 Å². The van der Waals surface area contributed by atoms with Gasteiger partial charge in [-0.05, 0) is 13.0 Å². The van der Waals surface area contributed by atoms with Crippen molar-refractivity contribution in [2.75, 3.05) is 18.5 Å². The van der Waals surface area contributed by atoms with Crippen LogP contribution in [0, 0.1) is 12.3 Å². The van der Waals surface area contributed by atoms with Crippen LogP contribution in [-0.4, -0.2) is 18.6 Å². The number of hydrogen-bond acceptors (Lipinski definition) is 3. The van der Waals surface area contributed by atoms with E-state index in [2.05, 4.69) is 10.9 Å². The Kier molecular flexibility index (Phi) is 3.49. The van der Waals surface area contributed by atoms with Gasteiger partial charge in [-0.25, -0.2) is 4.98 Å². The van der Waals surface area contributed by atoms with Crippen molar-refractivity contribution in [3.63, 3.8) is 0 Å². The van der Waals surface area contributed by atoms with E-state index in [0.717, 1.165) is 11.4 Å². The van der Waals surface area contributed by atoms with E-state index in [0.29, 0.717) is 6.54 Å². The lowest BCUT2D eigenvalue weighted by Crippen LogP contribution is -2.22. The summed E-state index contributed by atoms with van der Waals surface area (Å²) in [5, 5.41) is 0. The average molecular weight is 189 g/mol. The molecule has 0 fully saturated rings. The zero-order valence-electron chi connectivity index (χ0n) is 8.57. The third kappa shape index (κ3) is 2.24. The highest BCUT2D eigenvalue weighted by molar-refractivity contribution is 5.48. The Bertz CT molecular complexity index is 339. The molecule has 0 saturated heterocycles. The molecular weight excluding hydrogens is 174 g/mol. The summed E-state index contributed by atoms with van der Waals surface area (Å²) in [7, 11) is 1.91. The summed E-state index contributed by atoms with van der Waals surface area (Å²) in [6.07, 6.45) is 6.99. The van der Waals surface area contributed by atoms with Crippen LogP contribution in [0.4, 0.5) is 5.82 Å². The number of aromatic nitrogens is 1. The standard InChI is InChI=1S/C11H15N3/c1-4-8-14(3)11-10(9(2)12)6-5-7-13-11/h1,5-7,9H,8,12H2,2-3H3/t9-/m1/s1. The Balaban J connectivity index is 3.01. The molecule has 1 rings (SSSR count). The van der Waals surface area contributed by atoms with Crippen LogP contribution in [0.15, 0.2) is 18.3 Å². The van der Waals surface area contributed by atoms with Gasteiger partial charge >= 0.3 is 0 Å². The number of pyridine rings is 1. The highest BCUT2D eigenvalue weighted by Crippen LogP contribution is 2.20. The zero-order chi connectivity index (χ0) is 10.6. The van der Waals surface area contributed by atoms with Gasteiger partial charge in [0.1, 0.15) is 5.82 Å². The molecule has 1 atom stereocenters. The second-order valence-corrected chi connectivity index (χ2v) is 3.27. The topological polar surface area (TPSA) is 42.2 Å². The van der Waals surface area contributed by atoms with Crippen molar-refractivity contribution in [1.29, 1.82) is 0 Å². The minimum atomic E-state index is -0.0288. The molecule has 0 bridgehead atoms. The molecule has 1 aromatic heterocycles. The first-order valence-electron chi connectivity index (χ1n) is 4.52. The molecule has 0 radical (unpaired) electrons.